The summed E-state index contributed by atoms with van der Waals surface area (Å²) in [6.07, 6.45) is 0.327. The van der Waals surface area contributed by atoms with Crippen LogP contribution in [0.5, 0.6) is 0 Å². The number of benzene rings is 1. The Morgan fingerprint density at radius 3 is 2.81 bits per heavy atom. The molecule has 1 aliphatic heterocycles. The van der Waals surface area contributed by atoms with Gasteiger partial charge < -0.3 is 0 Å². The van der Waals surface area contributed by atoms with E-state index in [4.69, 9.17) is 9.47 Å². The molecule has 37 heavy (non-hydrogen) atoms. The number of aromatic amines is 1. The number of allylic oxidation sites excluding steroid dienone is 1. The molecule has 202 valence electrons. The van der Waals surface area contributed by atoms with Crippen molar-refractivity contribution in [3.8, 4) is 0 Å². The van der Waals surface area contributed by atoms with Crippen molar-refractivity contribution in [2.45, 2.75) is 56.6 Å². The number of halogens is 3. The molecule has 2 aromatic rings. The molecular formula is C26H30F3N3O3SW-2. The minimum atomic E-state index is -4.31. The first-order valence-electron chi connectivity index (χ1n) is 11.6. The second-order valence-electron chi connectivity index (χ2n) is 8.01. The van der Waals surface area contributed by atoms with Crippen molar-refractivity contribution in [2.75, 3.05) is 13.2 Å². The van der Waals surface area contributed by atoms with Crippen LogP contribution < -0.4 is 0 Å². The Bertz CT molecular complexity index is 1090. The van der Waals surface area contributed by atoms with E-state index in [2.05, 4.69) is 67.7 Å². The van der Waals surface area contributed by atoms with Gasteiger partial charge in [0, 0.05) is 4.90 Å². The summed E-state index contributed by atoms with van der Waals surface area (Å²) in [5.74, 6) is -0.0120. The van der Waals surface area contributed by atoms with Gasteiger partial charge >= 0.3 is 147 Å². The number of amides is 1. The van der Waals surface area contributed by atoms with Gasteiger partial charge in [0.2, 0.25) is 0 Å². The summed E-state index contributed by atoms with van der Waals surface area (Å²) in [6.45, 7) is 11.8. The van der Waals surface area contributed by atoms with Crippen molar-refractivity contribution in [2.24, 2.45) is 0 Å². The van der Waals surface area contributed by atoms with Crippen LogP contribution in [0.2, 0.25) is 0 Å². The Kier molecular flexibility index (Phi) is 12.7. The number of carbonyl (C=O) groups excluding carboxylic acids is 1. The standard InChI is InChI=1S/C14H14F3N3O3.C12H16S.W/c1-2-12(23-9-22-6-4-14(15,16)17)13(21)20-5-3-10-11(7-20)19-8-18-10;1-4-10(3)11-8-6-7-9-12(11)13-5-2;/h8H,1,3-7H2,(H,18,19);5-10H,2,4H2,1,3H3;/q-2;;. The van der Waals surface area contributed by atoms with Crippen LogP contribution in [0, 0.1) is 13.0 Å². The monoisotopic (exact) mass is 705 g/mol. The molecule has 0 saturated heterocycles. The van der Waals surface area contributed by atoms with Crippen LogP contribution in [0.25, 0.3) is 0 Å². The molecule has 3 rings (SSSR count). The fourth-order valence-electron chi connectivity index (χ4n) is 3.35. The quantitative estimate of drug-likeness (QED) is 0.145. The number of hydrogen-bond donors (Lipinski definition) is 1. The van der Waals surface area contributed by atoms with Crippen molar-refractivity contribution < 1.29 is 46.8 Å². The van der Waals surface area contributed by atoms with Gasteiger partial charge in [-0.25, -0.2) is 0 Å². The zero-order chi connectivity index (χ0) is 27.4. The average molecular weight is 705 g/mol. The number of imidazole rings is 1. The number of nitrogens with zero attached hydrogens (tertiary/aromatic N) is 2. The van der Waals surface area contributed by atoms with Crippen molar-refractivity contribution in [1.29, 1.82) is 0 Å². The number of rotatable bonds is 10. The van der Waals surface area contributed by atoms with E-state index >= 15 is 0 Å². The van der Waals surface area contributed by atoms with Crippen LogP contribution in [-0.4, -0.2) is 44.4 Å². The van der Waals surface area contributed by atoms with E-state index in [0.717, 1.165) is 11.4 Å². The number of nitrogens with one attached hydrogen (secondary N) is 1. The number of hydrogen-bond acceptors (Lipinski definition) is 5. The van der Waals surface area contributed by atoms with Crippen LogP contribution in [0.1, 0.15) is 49.6 Å². The van der Waals surface area contributed by atoms with Crippen LogP contribution in [0.15, 0.2) is 53.2 Å². The van der Waals surface area contributed by atoms with Crippen molar-refractivity contribution in [1.82, 2.24) is 14.9 Å². The molecule has 2 heterocycles. The SMILES string of the molecule is C=CSc1ccccc1C(C)CC.[CH2-][C-]=C(O[C](=[W])OCCC(F)(F)F)C(=O)N1CCc2nc[nH]c2C1. The van der Waals surface area contributed by atoms with Gasteiger partial charge in [0.25, 0.3) is 0 Å². The van der Waals surface area contributed by atoms with Gasteiger partial charge in [-0.3, -0.25) is 0 Å². The average Bonchev–Trinajstić information content (AvgIpc) is 3.34. The fraction of sp³-hybridized carbons (Fsp3) is 0.385. The van der Waals surface area contributed by atoms with Gasteiger partial charge in [0.15, 0.2) is 0 Å². The van der Waals surface area contributed by atoms with E-state index in [-0.39, 0.29) is 10.0 Å². The maximum absolute atomic E-state index is 12.4. The Balaban J connectivity index is 0.000000312. The Morgan fingerprint density at radius 1 is 1.43 bits per heavy atom. The summed E-state index contributed by atoms with van der Waals surface area (Å²) in [5, 5.41) is 1.89. The molecule has 0 radical (unpaired) electrons. The van der Waals surface area contributed by atoms with Gasteiger partial charge in [-0.15, -0.1) is 0 Å². The topological polar surface area (TPSA) is 67.5 Å². The molecule has 1 unspecified atom stereocenters. The van der Waals surface area contributed by atoms with E-state index in [1.54, 1.807) is 18.1 Å². The van der Waals surface area contributed by atoms with E-state index in [1.165, 1.54) is 21.8 Å². The molecule has 1 N–H and O–H groups in total. The van der Waals surface area contributed by atoms with Crippen molar-refractivity contribution in [3.05, 3.63) is 78.3 Å². The molecule has 1 atom stereocenters. The fourth-order valence-corrected chi connectivity index (χ4v) is 4.69. The summed E-state index contributed by atoms with van der Waals surface area (Å²) >= 11 is 2.36. The first-order chi connectivity index (χ1) is 17.6. The number of H-pyrrole nitrogens is 1. The van der Waals surface area contributed by atoms with E-state index in [1.807, 2.05) is 5.41 Å². The third-order valence-electron chi connectivity index (χ3n) is 5.48. The number of fused-ring (bicyclic) bond motifs is 1. The molecule has 0 fully saturated rings. The Hall–Kier alpha value is -2.29. The second-order valence-corrected chi connectivity index (χ2v) is 10.2. The first kappa shape index (κ1) is 30.9. The first-order valence-corrected chi connectivity index (χ1v) is 13.9. The molecule has 0 bridgehead atoms. The minimum absolute atomic E-state index is 0.0852. The molecule has 1 aromatic carbocycles. The Morgan fingerprint density at radius 2 is 2.16 bits per heavy atom. The van der Waals surface area contributed by atoms with E-state index in [9.17, 15) is 18.0 Å². The molecule has 1 aliphatic rings. The van der Waals surface area contributed by atoms with Gasteiger partial charge in [-0.2, -0.15) is 0 Å². The molecule has 0 saturated carbocycles. The predicted octanol–water partition coefficient (Wildman–Crippen LogP) is 5.87. The van der Waals surface area contributed by atoms with Crippen LogP contribution in [0.4, 0.5) is 13.2 Å². The zero-order valence-electron chi connectivity index (χ0n) is 20.8. The predicted molar refractivity (Wildman–Crippen MR) is 134 cm³/mol. The summed E-state index contributed by atoms with van der Waals surface area (Å²) in [5.41, 5.74) is 3.19. The third-order valence-corrected chi connectivity index (χ3v) is 7.00. The van der Waals surface area contributed by atoms with Gasteiger partial charge in [0.05, 0.1) is 0 Å². The summed E-state index contributed by atoms with van der Waals surface area (Å²) in [7, 11) is 0. The molecule has 11 heteroatoms. The summed E-state index contributed by atoms with van der Waals surface area (Å²) < 4.78 is 46.2. The molecule has 0 aliphatic carbocycles. The molecule has 1 aromatic heterocycles. The van der Waals surface area contributed by atoms with Crippen molar-refractivity contribution >= 4 is 21.9 Å². The van der Waals surface area contributed by atoms with Crippen LogP contribution >= 0.6 is 11.8 Å². The molecule has 1 amide bonds. The number of carbonyl (C=O) groups is 1. The molecule has 6 nitrogen and oxygen atoms in total. The van der Waals surface area contributed by atoms with Gasteiger partial charge in [0.1, 0.15) is 0 Å². The van der Waals surface area contributed by atoms with Crippen molar-refractivity contribution in [3.63, 3.8) is 0 Å². The normalized spacial score (nSPS) is 14.2. The van der Waals surface area contributed by atoms with E-state index in [0.29, 0.717) is 44.8 Å². The number of aromatic nitrogens is 2. The van der Waals surface area contributed by atoms with Gasteiger partial charge in [-0.05, 0) is 29.4 Å². The number of alkyl halides is 3. The molecular weight excluding hydrogens is 675 g/mol. The van der Waals surface area contributed by atoms with E-state index < -0.39 is 25.1 Å². The summed E-state index contributed by atoms with van der Waals surface area (Å²) in [4.78, 5) is 22.4. The Labute approximate surface area is 231 Å². The maximum atomic E-state index is 12.4. The molecule has 0 spiro atoms. The van der Waals surface area contributed by atoms with Gasteiger partial charge in [-0.1, -0.05) is 50.4 Å². The third kappa shape index (κ3) is 10.2. The van der Waals surface area contributed by atoms with Crippen LogP contribution in [0.3, 0.4) is 0 Å². The number of thioether (sulfide) groups is 1. The second kappa shape index (κ2) is 15.2. The summed E-state index contributed by atoms with van der Waals surface area (Å²) in [6, 6.07) is 8.56. The number of ether oxygens (including phenoxy) is 2. The zero-order valence-corrected chi connectivity index (χ0v) is 24.5. The van der Waals surface area contributed by atoms with Crippen LogP contribution in [-0.2, 0) is 46.6 Å².